The van der Waals surface area contributed by atoms with Crippen molar-refractivity contribution in [2.75, 3.05) is 0 Å². The zero-order chi connectivity index (χ0) is 8.55. The molecule has 12 heavy (non-hydrogen) atoms. The van der Waals surface area contributed by atoms with E-state index in [1.807, 2.05) is 0 Å². The summed E-state index contributed by atoms with van der Waals surface area (Å²) in [5.41, 5.74) is 0.762. The molecule has 0 aliphatic carbocycles. The highest BCUT2D eigenvalue weighted by Gasteiger charge is 1.97. The summed E-state index contributed by atoms with van der Waals surface area (Å²) in [6, 6.07) is 3.20. The van der Waals surface area contributed by atoms with Gasteiger partial charge in [-0.25, -0.2) is 4.98 Å². The normalized spacial score (nSPS) is 10.4. The van der Waals surface area contributed by atoms with Crippen molar-refractivity contribution in [1.29, 1.82) is 0 Å². The molecule has 0 saturated carbocycles. The molecule has 0 unspecified atom stereocenters. The minimum Gasteiger partial charge on any atom is -0.360 e. The molecule has 0 fully saturated rings. The Labute approximate surface area is 76.6 Å². The molecule has 0 bridgehead atoms. The van der Waals surface area contributed by atoms with Crippen LogP contribution in [0, 0.1) is 0 Å². The quantitative estimate of drug-likeness (QED) is 0.693. The first kappa shape index (κ1) is 7.49. The Hall–Kier alpha value is -1.16. The van der Waals surface area contributed by atoms with Crippen LogP contribution in [0.3, 0.4) is 0 Å². The lowest BCUT2D eigenvalue weighted by Gasteiger charge is -1.95. The minimum absolute atomic E-state index is 0.00634. The van der Waals surface area contributed by atoms with E-state index < -0.39 is 0 Å². The highest BCUT2D eigenvalue weighted by atomic mass is 79.9. The van der Waals surface area contributed by atoms with Gasteiger partial charge in [0, 0.05) is 17.6 Å². The Bertz CT molecular complexity index is 478. The molecule has 4 heteroatoms. The standard InChI is InChI=1S/C8H5BrN2O/c9-8-3-5-6(4-11-8)10-2-1-7(5)12/h1-4H,(H,10,12). The number of fused-ring (bicyclic) bond motifs is 1. The highest BCUT2D eigenvalue weighted by molar-refractivity contribution is 9.10. The maximum atomic E-state index is 11.3. The van der Waals surface area contributed by atoms with Gasteiger partial charge in [0.25, 0.3) is 0 Å². The van der Waals surface area contributed by atoms with Crippen LogP contribution in [-0.4, -0.2) is 9.97 Å². The lowest BCUT2D eigenvalue weighted by atomic mass is 10.3. The van der Waals surface area contributed by atoms with E-state index in [0.29, 0.717) is 9.99 Å². The fourth-order valence-corrected chi connectivity index (χ4v) is 1.38. The number of aromatic amines is 1. The monoisotopic (exact) mass is 224 g/mol. The molecule has 1 N–H and O–H groups in total. The van der Waals surface area contributed by atoms with Crippen molar-refractivity contribution in [3.05, 3.63) is 39.4 Å². The Morgan fingerprint density at radius 3 is 3.17 bits per heavy atom. The van der Waals surface area contributed by atoms with E-state index >= 15 is 0 Å². The van der Waals surface area contributed by atoms with Crippen molar-refractivity contribution in [2.24, 2.45) is 0 Å². The van der Waals surface area contributed by atoms with Gasteiger partial charge in [-0.1, -0.05) is 0 Å². The summed E-state index contributed by atoms with van der Waals surface area (Å²) in [6.45, 7) is 0. The summed E-state index contributed by atoms with van der Waals surface area (Å²) in [7, 11) is 0. The molecule has 0 radical (unpaired) electrons. The predicted octanol–water partition coefficient (Wildman–Crippen LogP) is 1.69. The van der Waals surface area contributed by atoms with Crippen molar-refractivity contribution in [3.8, 4) is 0 Å². The molecule has 0 spiro atoms. The molecular weight excluding hydrogens is 220 g/mol. The first-order valence-corrected chi connectivity index (χ1v) is 4.19. The minimum atomic E-state index is 0.00634. The molecule has 0 amide bonds. The summed E-state index contributed by atoms with van der Waals surface area (Å²) >= 11 is 3.20. The first-order chi connectivity index (χ1) is 5.77. The van der Waals surface area contributed by atoms with E-state index in [-0.39, 0.29) is 5.43 Å². The summed E-state index contributed by atoms with van der Waals surface area (Å²) < 4.78 is 0.673. The number of halogens is 1. The fraction of sp³-hybridized carbons (Fsp3) is 0. The average Bonchev–Trinajstić information content (AvgIpc) is 2.07. The van der Waals surface area contributed by atoms with E-state index in [0.717, 1.165) is 5.52 Å². The molecule has 0 aliphatic rings. The third kappa shape index (κ3) is 1.14. The molecule has 0 aromatic carbocycles. The highest BCUT2D eigenvalue weighted by Crippen LogP contribution is 2.10. The fourth-order valence-electron chi connectivity index (χ4n) is 1.05. The number of rotatable bonds is 0. The van der Waals surface area contributed by atoms with E-state index in [9.17, 15) is 4.79 Å². The lowest BCUT2D eigenvalue weighted by molar-refractivity contribution is 1.27. The number of nitrogens with one attached hydrogen (secondary N) is 1. The number of H-pyrrole nitrogens is 1. The van der Waals surface area contributed by atoms with Crippen molar-refractivity contribution in [1.82, 2.24) is 9.97 Å². The van der Waals surface area contributed by atoms with E-state index in [4.69, 9.17) is 0 Å². The predicted molar refractivity (Wildman–Crippen MR) is 50.1 cm³/mol. The second kappa shape index (κ2) is 2.71. The van der Waals surface area contributed by atoms with E-state index in [2.05, 4.69) is 25.9 Å². The van der Waals surface area contributed by atoms with Crippen LogP contribution in [0.15, 0.2) is 33.9 Å². The molecule has 2 rings (SSSR count). The largest absolute Gasteiger partial charge is 0.360 e. The maximum absolute atomic E-state index is 11.3. The van der Waals surface area contributed by atoms with Gasteiger partial charge in [0.2, 0.25) is 0 Å². The van der Waals surface area contributed by atoms with Gasteiger partial charge in [-0.2, -0.15) is 0 Å². The SMILES string of the molecule is O=c1cc[nH]c2cnc(Br)cc12. The van der Waals surface area contributed by atoms with Crippen LogP contribution in [0.25, 0.3) is 10.9 Å². The summed E-state index contributed by atoms with van der Waals surface area (Å²) in [6.07, 6.45) is 3.24. The van der Waals surface area contributed by atoms with Crippen molar-refractivity contribution in [2.45, 2.75) is 0 Å². The zero-order valence-corrected chi connectivity index (χ0v) is 7.63. The van der Waals surface area contributed by atoms with Crippen LogP contribution >= 0.6 is 15.9 Å². The summed E-state index contributed by atoms with van der Waals surface area (Å²) in [4.78, 5) is 18.2. The number of hydrogen-bond donors (Lipinski definition) is 1. The third-order valence-electron chi connectivity index (χ3n) is 1.61. The Kier molecular flexibility index (Phi) is 1.69. The topological polar surface area (TPSA) is 45.8 Å². The molecule has 0 atom stereocenters. The van der Waals surface area contributed by atoms with Crippen LogP contribution in [0.2, 0.25) is 0 Å². The van der Waals surface area contributed by atoms with Crippen LogP contribution in [0.4, 0.5) is 0 Å². The third-order valence-corrected chi connectivity index (χ3v) is 2.04. The first-order valence-electron chi connectivity index (χ1n) is 3.40. The maximum Gasteiger partial charge on any atom is 0.189 e. The number of pyridine rings is 2. The van der Waals surface area contributed by atoms with Crippen LogP contribution in [0.5, 0.6) is 0 Å². The van der Waals surface area contributed by atoms with Gasteiger partial charge < -0.3 is 4.98 Å². The van der Waals surface area contributed by atoms with Gasteiger partial charge in [-0.05, 0) is 22.0 Å². The smallest absolute Gasteiger partial charge is 0.189 e. The van der Waals surface area contributed by atoms with Crippen LogP contribution in [-0.2, 0) is 0 Å². The van der Waals surface area contributed by atoms with Crippen LogP contribution in [0.1, 0.15) is 0 Å². The number of nitrogens with zero attached hydrogens (tertiary/aromatic N) is 1. The Morgan fingerprint density at radius 2 is 2.33 bits per heavy atom. The summed E-state index contributed by atoms with van der Waals surface area (Å²) in [5, 5.41) is 0.652. The van der Waals surface area contributed by atoms with E-state index in [1.54, 1.807) is 18.5 Å². The van der Waals surface area contributed by atoms with Gasteiger partial charge in [-0.3, -0.25) is 4.79 Å². The second-order valence-corrected chi connectivity index (χ2v) is 3.21. The molecule has 2 aromatic heterocycles. The molecule has 2 aromatic rings. The number of aromatic nitrogens is 2. The van der Waals surface area contributed by atoms with Crippen LogP contribution < -0.4 is 5.43 Å². The van der Waals surface area contributed by atoms with Crippen molar-refractivity contribution >= 4 is 26.8 Å². The summed E-state index contributed by atoms with van der Waals surface area (Å²) in [5.74, 6) is 0. The molecule has 0 saturated heterocycles. The molecule has 60 valence electrons. The van der Waals surface area contributed by atoms with Crippen molar-refractivity contribution in [3.63, 3.8) is 0 Å². The van der Waals surface area contributed by atoms with Gasteiger partial charge in [0.15, 0.2) is 5.43 Å². The zero-order valence-electron chi connectivity index (χ0n) is 6.04. The molecule has 3 nitrogen and oxygen atoms in total. The second-order valence-electron chi connectivity index (χ2n) is 2.39. The molecule has 2 heterocycles. The van der Waals surface area contributed by atoms with Crippen molar-refractivity contribution < 1.29 is 0 Å². The van der Waals surface area contributed by atoms with Gasteiger partial charge in [0.1, 0.15) is 4.60 Å². The van der Waals surface area contributed by atoms with Gasteiger partial charge >= 0.3 is 0 Å². The average molecular weight is 225 g/mol. The molecular formula is C8H5BrN2O. The van der Waals surface area contributed by atoms with Gasteiger partial charge in [0.05, 0.1) is 11.7 Å². The van der Waals surface area contributed by atoms with Gasteiger partial charge in [-0.15, -0.1) is 0 Å². The number of hydrogen-bond acceptors (Lipinski definition) is 2. The molecule has 0 aliphatic heterocycles. The van der Waals surface area contributed by atoms with E-state index in [1.165, 1.54) is 6.07 Å². The Balaban J connectivity index is 2.98. The Morgan fingerprint density at radius 1 is 1.50 bits per heavy atom. The lowest BCUT2D eigenvalue weighted by Crippen LogP contribution is -2.00.